The number of Topliss-reactive ketones (excluding diaryl/α,β-unsaturated/α-hetero) is 1. The molecular formula is C16H19N3O3S. The predicted octanol–water partition coefficient (Wildman–Crippen LogP) is 1.73. The summed E-state index contributed by atoms with van der Waals surface area (Å²) in [6.07, 6.45) is 0.362. The molecule has 0 aliphatic carbocycles. The van der Waals surface area contributed by atoms with Crippen molar-refractivity contribution in [1.29, 1.82) is 0 Å². The fraction of sp³-hybridized carbons (Fsp3) is 0.438. The van der Waals surface area contributed by atoms with Crippen molar-refractivity contribution in [2.24, 2.45) is 0 Å². The Labute approximate surface area is 138 Å². The molecule has 0 radical (unpaired) electrons. The Morgan fingerprint density at radius 1 is 1.43 bits per heavy atom. The quantitative estimate of drug-likeness (QED) is 0.493. The Balaban J connectivity index is 1.74. The van der Waals surface area contributed by atoms with E-state index in [9.17, 15) is 9.59 Å². The second-order valence-electron chi connectivity index (χ2n) is 5.47. The number of nitrogens with one attached hydrogen (secondary N) is 1. The Kier molecular flexibility index (Phi) is 5.00. The summed E-state index contributed by atoms with van der Waals surface area (Å²) in [6, 6.07) is 3.68. The Bertz CT molecular complexity index is 723. The number of aldehydes is 1. The minimum Gasteiger partial charge on any atom is -0.384 e. The highest BCUT2D eigenvalue weighted by atomic mass is 32.1. The third-order valence-corrected chi connectivity index (χ3v) is 4.85. The highest BCUT2D eigenvalue weighted by Crippen LogP contribution is 2.29. The van der Waals surface area contributed by atoms with Crippen molar-refractivity contribution in [1.82, 2.24) is 9.88 Å². The van der Waals surface area contributed by atoms with E-state index in [1.807, 2.05) is 13.0 Å². The second-order valence-corrected chi connectivity index (χ2v) is 6.67. The molecule has 0 bridgehead atoms. The Morgan fingerprint density at radius 3 is 2.96 bits per heavy atom. The van der Waals surface area contributed by atoms with Gasteiger partial charge in [-0.25, -0.2) is 4.98 Å². The van der Waals surface area contributed by atoms with E-state index >= 15 is 0 Å². The fourth-order valence-electron chi connectivity index (χ4n) is 2.68. The number of carbonyl (C=O) groups is 2. The topological polar surface area (TPSA) is 71.5 Å². The number of carbonyl (C=O) groups excluding carboxylic acids is 2. The number of aryl methyl sites for hydroxylation is 1. The van der Waals surface area contributed by atoms with E-state index in [0.717, 1.165) is 60.3 Å². The summed E-state index contributed by atoms with van der Waals surface area (Å²) in [5.41, 5.74) is 2.01. The lowest BCUT2D eigenvalue weighted by Crippen LogP contribution is -2.39. The van der Waals surface area contributed by atoms with Crippen molar-refractivity contribution < 1.29 is 14.3 Å². The highest BCUT2D eigenvalue weighted by Gasteiger charge is 2.15. The highest BCUT2D eigenvalue weighted by molar-refractivity contribution is 7.19. The molecule has 1 saturated heterocycles. The van der Waals surface area contributed by atoms with Crippen LogP contribution < -0.4 is 5.32 Å². The van der Waals surface area contributed by atoms with Crippen LogP contribution in [0.2, 0.25) is 0 Å². The minimum atomic E-state index is -0.504. The molecule has 1 fully saturated rings. The molecule has 0 atom stereocenters. The van der Waals surface area contributed by atoms with Gasteiger partial charge in [-0.15, -0.1) is 11.3 Å². The number of fused-ring (bicyclic) bond motifs is 1. The number of rotatable bonds is 6. The van der Waals surface area contributed by atoms with Gasteiger partial charge >= 0.3 is 0 Å². The minimum absolute atomic E-state index is 0.362. The third kappa shape index (κ3) is 3.74. The van der Waals surface area contributed by atoms with Crippen LogP contribution in [0.1, 0.15) is 15.4 Å². The summed E-state index contributed by atoms with van der Waals surface area (Å²) < 4.78 is 6.11. The van der Waals surface area contributed by atoms with Crippen LogP contribution in [0.5, 0.6) is 0 Å². The van der Waals surface area contributed by atoms with Crippen LogP contribution in [-0.2, 0) is 9.53 Å². The van der Waals surface area contributed by atoms with Gasteiger partial charge in [0, 0.05) is 37.4 Å². The zero-order valence-corrected chi connectivity index (χ0v) is 13.8. The van der Waals surface area contributed by atoms with E-state index in [0.29, 0.717) is 11.8 Å². The van der Waals surface area contributed by atoms with Gasteiger partial charge in [-0.3, -0.25) is 14.5 Å². The second kappa shape index (κ2) is 7.16. The first-order valence-corrected chi connectivity index (χ1v) is 8.43. The average Bonchev–Trinajstić information content (AvgIpc) is 2.94. The van der Waals surface area contributed by atoms with E-state index < -0.39 is 5.78 Å². The van der Waals surface area contributed by atoms with E-state index in [2.05, 4.69) is 15.2 Å². The van der Waals surface area contributed by atoms with Crippen LogP contribution in [0.25, 0.3) is 10.2 Å². The molecule has 0 saturated carbocycles. The van der Waals surface area contributed by atoms with Crippen molar-refractivity contribution in [2.45, 2.75) is 6.92 Å². The van der Waals surface area contributed by atoms with Crippen molar-refractivity contribution in [3.63, 3.8) is 0 Å². The zero-order valence-electron chi connectivity index (χ0n) is 13.0. The summed E-state index contributed by atoms with van der Waals surface area (Å²) in [5, 5.41) is 4.21. The molecule has 2 aromatic rings. The molecule has 1 aromatic heterocycles. The van der Waals surface area contributed by atoms with Gasteiger partial charge in [-0.05, 0) is 19.1 Å². The van der Waals surface area contributed by atoms with Crippen LogP contribution in [0, 0.1) is 6.92 Å². The molecule has 0 amide bonds. The van der Waals surface area contributed by atoms with E-state index in [1.54, 1.807) is 6.07 Å². The van der Waals surface area contributed by atoms with E-state index in [1.165, 1.54) is 11.3 Å². The Hall–Kier alpha value is -1.83. The molecule has 1 N–H and O–H groups in total. The van der Waals surface area contributed by atoms with Gasteiger partial charge in [-0.2, -0.15) is 0 Å². The number of morpholine rings is 1. The molecule has 3 rings (SSSR count). The van der Waals surface area contributed by atoms with Gasteiger partial charge in [0.05, 0.1) is 28.4 Å². The van der Waals surface area contributed by atoms with Crippen molar-refractivity contribution in [3.8, 4) is 0 Å². The molecule has 2 heterocycles. The van der Waals surface area contributed by atoms with Crippen molar-refractivity contribution >= 4 is 39.3 Å². The maximum absolute atomic E-state index is 11.9. The molecule has 0 spiro atoms. The molecular weight excluding hydrogens is 314 g/mol. The smallest absolute Gasteiger partial charge is 0.226 e. The number of ketones is 1. The first-order valence-electron chi connectivity index (χ1n) is 7.62. The molecule has 122 valence electrons. The molecule has 0 unspecified atom stereocenters. The lowest BCUT2D eigenvalue weighted by Gasteiger charge is -2.26. The Morgan fingerprint density at radius 2 is 2.22 bits per heavy atom. The number of benzene rings is 1. The largest absolute Gasteiger partial charge is 0.384 e. The molecule has 23 heavy (non-hydrogen) atoms. The summed E-state index contributed by atoms with van der Waals surface area (Å²) in [6.45, 7) is 7.02. The van der Waals surface area contributed by atoms with Crippen LogP contribution >= 0.6 is 11.3 Å². The number of hydrogen-bond donors (Lipinski definition) is 1. The number of thiazole rings is 1. The normalized spacial score (nSPS) is 15.7. The maximum Gasteiger partial charge on any atom is 0.226 e. The SMILES string of the molecule is Cc1nc2cc(NCCN3CCOCC3)cc(C(=O)C=O)c2s1. The molecule has 6 nitrogen and oxygen atoms in total. The number of ether oxygens (including phenoxy) is 1. The van der Waals surface area contributed by atoms with Gasteiger partial charge < -0.3 is 10.1 Å². The van der Waals surface area contributed by atoms with Gasteiger partial charge in [0.15, 0.2) is 6.29 Å². The first-order chi connectivity index (χ1) is 11.2. The third-order valence-electron chi connectivity index (χ3n) is 3.83. The van der Waals surface area contributed by atoms with Crippen molar-refractivity contribution in [2.75, 3.05) is 44.7 Å². The summed E-state index contributed by atoms with van der Waals surface area (Å²) >= 11 is 1.44. The molecule has 1 aliphatic rings. The van der Waals surface area contributed by atoms with Gasteiger partial charge in [-0.1, -0.05) is 0 Å². The standard InChI is InChI=1S/C16H19N3O3S/c1-11-18-14-9-12(8-13(15(21)10-20)16(14)23-11)17-2-3-19-4-6-22-7-5-19/h8-10,17H,2-7H2,1H3. The van der Waals surface area contributed by atoms with Crippen LogP contribution in [0.4, 0.5) is 5.69 Å². The lowest BCUT2D eigenvalue weighted by molar-refractivity contribution is -0.104. The number of nitrogens with zero attached hydrogens (tertiary/aromatic N) is 2. The first kappa shape index (κ1) is 16.0. The van der Waals surface area contributed by atoms with Gasteiger partial charge in [0.2, 0.25) is 5.78 Å². The van der Waals surface area contributed by atoms with Crippen LogP contribution in [-0.4, -0.2) is 61.3 Å². The molecule has 1 aliphatic heterocycles. The monoisotopic (exact) mass is 333 g/mol. The van der Waals surface area contributed by atoms with Gasteiger partial charge in [0.25, 0.3) is 0 Å². The van der Waals surface area contributed by atoms with Crippen LogP contribution in [0.3, 0.4) is 0 Å². The van der Waals surface area contributed by atoms with E-state index in [4.69, 9.17) is 4.74 Å². The fourth-order valence-corrected chi connectivity index (χ4v) is 3.59. The predicted molar refractivity (Wildman–Crippen MR) is 90.5 cm³/mol. The summed E-state index contributed by atoms with van der Waals surface area (Å²) in [5.74, 6) is -0.504. The van der Waals surface area contributed by atoms with E-state index in [-0.39, 0.29) is 0 Å². The molecule has 1 aromatic carbocycles. The van der Waals surface area contributed by atoms with Crippen LogP contribution in [0.15, 0.2) is 12.1 Å². The number of aromatic nitrogens is 1. The number of hydrogen-bond acceptors (Lipinski definition) is 7. The summed E-state index contributed by atoms with van der Waals surface area (Å²) in [7, 11) is 0. The number of anilines is 1. The van der Waals surface area contributed by atoms with Crippen molar-refractivity contribution in [3.05, 3.63) is 22.7 Å². The summed E-state index contributed by atoms with van der Waals surface area (Å²) in [4.78, 5) is 29.5. The zero-order chi connectivity index (χ0) is 16.2. The molecule has 7 heteroatoms. The average molecular weight is 333 g/mol. The van der Waals surface area contributed by atoms with Gasteiger partial charge in [0.1, 0.15) is 0 Å². The maximum atomic E-state index is 11.9. The lowest BCUT2D eigenvalue weighted by atomic mass is 10.1.